The predicted molar refractivity (Wildman–Crippen MR) is 102 cm³/mol. The summed E-state index contributed by atoms with van der Waals surface area (Å²) in [6.45, 7) is 11.5. The van der Waals surface area contributed by atoms with Gasteiger partial charge in [0.15, 0.2) is 5.13 Å². The summed E-state index contributed by atoms with van der Waals surface area (Å²) in [6, 6.07) is 0.352. The first-order chi connectivity index (χ1) is 11.9. The van der Waals surface area contributed by atoms with Crippen molar-refractivity contribution in [1.82, 2.24) is 15.2 Å². The lowest BCUT2D eigenvalue weighted by Crippen LogP contribution is -2.53. The Hall–Kier alpha value is -1.14. The summed E-state index contributed by atoms with van der Waals surface area (Å²) in [5, 5.41) is 6.51. The summed E-state index contributed by atoms with van der Waals surface area (Å²) in [7, 11) is 0. The number of nitrogens with one attached hydrogen (secondary N) is 1. The summed E-state index contributed by atoms with van der Waals surface area (Å²) in [4.78, 5) is 21.6. The second kappa shape index (κ2) is 6.23. The van der Waals surface area contributed by atoms with Crippen molar-refractivity contribution in [3.05, 3.63) is 11.6 Å². The zero-order valence-corrected chi connectivity index (χ0v) is 16.4. The van der Waals surface area contributed by atoms with Crippen LogP contribution in [0.5, 0.6) is 0 Å². The Kier molecular flexibility index (Phi) is 4.31. The van der Waals surface area contributed by atoms with Gasteiger partial charge in [-0.1, -0.05) is 20.8 Å². The molecule has 1 aliphatic heterocycles. The Morgan fingerprint density at radius 2 is 2.08 bits per heavy atom. The lowest BCUT2D eigenvalue weighted by Gasteiger charge is -2.40. The van der Waals surface area contributed by atoms with Crippen LogP contribution in [-0.2, 0) is 4.79 Å². The maximum atomic E-state index is 12.6. The maximum absolute atomic E-state index is 12.6. The molecule has 2 aliphatic carbocycles. The lowest BCUT2D eigenvalue weighted by molar-refractivity contribution is -0.124. The highest BCUT2D eigenvalue weighted by Gasteiger charge is 2.61. The minimum atomic E-state index is 0.206. The molecule has 0 spiro atoms. The van der Waals surface area contributed by atoms with Gasteiger partial charge in [0.05, 0.1) is 6.54 Å². The van der Waals surface area contributed by atoms with Crippen molar-refractivity contribution < 1.29 is 4.79 Å². The smallest absolute Gasteiger partial charge is 0.234 e. The topological polar surface area (TPSA) is 48.5 Å². The number of rotatable bonds is 4. The number of fused-ring (bicyclic) bond motifs is 2. The molecule has 3 atom stereocenters. The van der Waals surface area contributed by atoms with Crippen molar-refractivity contribution in [2.45, 2.75) is 46.1 Å². The molecule has 6 heteroatoms. The van der Waals surface area contributed by atoms with E-state index >= 15 is 0 Å². The number of amides is 1. The Labute approximate surface area is 154 Å². The van der Waals surface area contributed by atoms with Crippen molar-refractivity contribution in [2.24, 2.45) is 16.7 Å². The van der Waals surface area contributed by atoms with Crippen LogP contribution in [-0.4, -0.2) is 54.6 Å². The van der Waals surface area contributed by atoms with Gasteiger partial charge in [-0.3, -0.25) is 9.69 Å². The van der Waals surface area contributed by atoms with E-state index in [-0.39, 0.29) is 11.3 Å². The molecule has 25 heavy (non-hydrogen) atoms. The monoisotopic (exact) mass is 362 g/mol. The van der Waals surface area contributed by atoms with E-state index in [9.17, 15) is 4.79 Å². The fraction of sp³-hybridized carbons (Fsp3) is 0.789. The van der Waals surface area contributed by atoms with E-state index < -0.39 is 0 Å². The average molecular weight is 363 g/mol. The minimum absolute atomic E-state index is 0.206. The summed E-state index contributed by atoms with van der Waals surface area (Å²) >= 11 is 1.69. The van der Waals surface area contributed by atoms with Gasteiger partial charge < -0.3 is 10.2 Å². The van der Waals surface area contributed by atoms with Crippen LogP contribution in [0.3, 0.4) is 0 Å². The molecule has 5 nitrogen and oxygen atoms in total. The first kappa shape index (κ1) is 17.3. The quantitative estimate of drug-likeness (QED) is 0.894. The molecule has 0 unspecified atom stereocenters. The van der Waals surface area contributed by atoms with E-state index in [0.717, 1.165) is 43.6 Å². The number of thiazole rings is 1. The maximum Gasteiger partial charge on any atom is 0.234 e. The molecule has 1 amide bonds. The van der Waals surface area contributed by atoms with Gasteiger partial charge in [0.25, 0.3) is 0 Å². The van der Waals surface area contributed by atoms with E-state index in [1.54, 1.807) is 11.3 Å². The molecule has 2 saturated carbocycles. The van der Waals surface area contributed by atoms with Gasteiger partial charge in [0, 0.05) is 43.8 Å². The van der Waals surface area contributed by atoms with E-state index in [1.165, 1.54) is 12.8 Å². The van der Waals surface area contributed by atoms with Gasteiger partial charge in [0.2, 0.25) is 5.91 Å². The molecule has 1 N–H and O–H groups in total. The number of piperazine rings is 1. The second-order valence-corrected chi connectivity index (χ2v) is 9.68. The number of hydrogen-bond acceptors (Lipinski definition) is 5. The molecular weight excluding hydrogens is 332 g/mol. The van der Waals surface area contributed by atoms with Gasteiger partial charge >= 0.3 is 0 Å². The summed E-state index contributed by atoms with van der Waals surface area (Å²) in [6.07, 6.45) is 5.60. The molecule has 0 aromatic carbocycles. The highest BCUT2D eigenvalue weighted by atomic mass is 32.1. The molecular formula is C19H30N4OS. The van der Waals surface area contributed by atoms with Crippen LogP contribution in [0.1, 0.15) is 40.0 Å². The third-order valence-corrected chi connectivity index (χ3v) is 8.39. The fourth-order valence-corrected chi connectivity index (χ4v) is 6.03. The number of carbonyl (C=O) groups excluding carboxylic acids is 1. The minimum Gasteiger partial charge on any atom is -0.352 e. The summed E-state index contributed by atoms with van der Waals surface area (Å²) in [5.74, 6) is 0.974. The molecule has 4 rings (SSSR count). The van der Waals surface area contributed by atoms with Crippen molar-refractivity contribution in [2.75, 3.05) is 37.6 Å². The fourth-order valence-electron chi connectivity index (χ4n) is 5.33. The van der Waals surface area contributed by atoms with Crippen molar-refractivity contribution in [1.29, 1.82) is 0 Å². The van der Waals surface area contributed by atoms with Crippen LogP contribution < -0.4 is 10.2 Å². The highest BCUT2D eigenvalue weighted by Crippen LogP contribution is 2.65. The Balaban J connectivity index is 1.28. The summed E-state index contributed by atoms with van der Waals surface area (Å²) < 4.78 is 0. The van der Waals surface area contributed by atoms with Gasteiger partial charge in [-0.2, -0.15) is 0 Å². The first-order valence-corrected chi connectivity index (χ1v) is 10.4. The number of aromatic nitrogens is 1. The third-order valence-electron chi connectivity index (χ3n) is 7.56. The number of anilines is 1. The Bertz CT molecular complexity index is 623. The van der Waals surface area contributed by atoms with Crippen molar-refractivity contribution >= 4 is 22.4 Å². The molecule has 1 aromatic rings. The van der Waals surface area contributed by atoms with Gasteiger partial charge in [-0.05, 0) is 36.0 Å². The zero-order chi connectivity index (χ0) is 17.7. The summed E-state index contributed by atoms with van der Waals surface area (Å²) in [5.41, 5.74) is 0.612. The molecule has 3 aliphatic rings. The van der Waals surface area contributed by atoms with Crippen molar-refractivity contribution in [3.8, 4) is 0 Å². The molecule has 138 valence electrons. The average Bonchev–Trinajstić information content (AvgIpc) is 3.22. The standard InChI is InChI=1S/C19H30N4OS/c1-18(2)14-4-5-19(18,3)15(12-14)21-16(24)13-22-7-9-23(10-8-22)17-20-6-11-25-17/h6,11,14-15H,4-5,7-10,12-13H2,1-3H3,(H,21,24)/t14-,15+,19-/m0/s1. The van der Waals surface area contributed by atoms with Crippen LogP contribution in [0.2, 0.25) is 0 Å². The number of hydrogen-bond donors (Lipinski definition) is 1. The van der Waals surface area contributed by atoms with Crippen LogP contribution in [0.4, 0.5) is 5.13 Å². The Morgan fingerprint density at radius 3 is 2.64 bits per heavy atom. The lowest BCUT2D eigenvalue weighted by atomic mass is 9.69. The molecule has 1 aromatic heterocycles. The largest absolute Gasteiger partial charge is 0.352 e. The number of carbonyl (C=O) groups is 1. The number of nitrogens with zero attached hydrogens (tertiary/aromatic N) is 3. The second-order valence-electron chi connectivity index (χ2n) is 8.81. The van der Waals surface area contributed by atoms with E-state index in [2.05, 4.69) is 40.9 Å². The molecule has 1 saturated heterocycles. The third kappa shape index (κ3) is 2.87. The SMILES string of the molecule is CC1(C)[C@H]2CC[C@@]1(C)[C@H](NC(=O)CN1CCN(c3nccs3)CC1)C2. The van der Waals surface area contributed by atoms with Gasteiger partial charge in [0.1, 0.15) is 0 Å². The van der Waals surface area contributed by atoms with Crippen molar-refractivity contribution in [3.63, 3.8) is 0 Å². The Morgan fingerprint density at radius 1 is 1.32 bits per heavy atom. The predicted octanol–water partition coefficient (Wildman–Crippen LogP) is 2.60. The molecule has 2 bridgehead atoms. The van der Waals surface area contributed by atoms with Gasteiger partial charge in [-0.25, -0.2) is 4.98 Å². The van der Waals surface area contributed by atoms with Gasteiger partial charge in [-0.15, -0.1) is 11.3 Å². The highest BCUT2D eigenvalue weighted by molar-refractivity contribution is 7.13. The molecule has 2 heterocycles. The molecule has 3 fully saturated rings. The van der Waals surface area contributed by atoms with Crippen LogP contribution >= 0.6 is 11.3 Å². The van der Waals surface area contributed by atoms with E-state index in [4.69, 9.17) is 0 Å². The first-order valence-electron chi connectivity index (χ1n) is 9.56. The van der Waals surface area contributed by atoms with Crippen LogP contribution in [0.25, 0.3) is 0 Å². The zero-order valence-electron chi connectivity index (χ0n) is 15.6. The molecule has 0 radical (unpaired) electrons. The van der Waals surface area contributed by atoms with Crippen LogP contribution in [0, 0.1) is 16.7 Å². The van der Waals surface area contributed by atoms with E-state index in [1.807, 2.05) is 11.6 Å². The van der Waals surface area contributed by atoms with Crippen LogP contribution in [0.15, 0.2) is 11.6 Å². The normalized spacial score (nSPS) is 34.4. The van der Waals surface area contributed by atoms with E-state index in [0.29, 0.717) is 18.0 Å².